The van der Waals surface area contributed by atoms with Crippen LogP contribution in [0.25, 0.3) is 11.1 Å². The van der Waals surface area contributed by atoms with Gasteiger partial charge in [-0.25, -0.2) is 4.39 Å². The van der Waals surface area contributed by atoms with E-state index in [1.807, 2.05) is 36.4 Å². The quantitative estimate of drug-likeness (QED) is 0.397. The van der Waals surface area contributed by atoms with Crippen LogP contribution in [0.15, 0.2) is 60.7 Å². The average Bonchev–Trinajstić information content (AvgIpc) is 3.70. The van der Waals surface area contributed by atoms with Crippen LogP contribution < -0.4 is 25.4 Å². The first-order chi connectivity index (χ1) is 19.6. The summed E-state index contributed by atoms with van der Waals surface area (Å²) in [6, 6.07) is 18.1. The highest BCUT2D eigenvalue weighted by atomic mass is 19.1. The summed E-state index contributed by atoms with van der Waals surface area (Å²) < 4.78 is 26.5. The number of hydrogen-bond donors (Lipinski definition) is 3. The number of hydrogen-bond acceptors (Lipinski definition) is 3. The van der Waals surface area contributed by atoms with Crippen molar-refractivity contribution in [1.29, 1.82) is 0 Å². The number of nitrogens with two attached hydrogens (primary N) is 2. The Hall–Kier alpha value is -3.42. The standard InChI is InChI=1S/C33H38FN3O3/c34-25-9-6-23(7-10-25)30-19-26(11-13-32(30)40-28-15-17-36-21-28)37-33(38)24-8-12-31(39-27-14-16-35-20-27)29(18-24)22-4-2-1-3-5-22/h6-13,18-19,22,27-28,35-36H,1-5,14-17,20-21H2,(H,37,38)/p+2/t27-,28-/m0/s1. The van der Waals surface area contributed by atoms with Crippen molar-refractivity contribution in [3.05, 3.63) is 77.6 Å². The molecule has 3 fully saturated rings. The van der Waals surface area contributed by atoms with Gasteiger partial charge in [0.2, 0.25) is 0 Å². The second-order valence-corrected chi connectivity index (χ2v) is 11.4. The van der Waals surface area contributed by atoms with E-state index in [4.69, 9.17) is 9.47 Å². The third-order valence-electron chi connectivity index (χ3n) is 8.54. The largest absolute Gasteiger partial charge is 0.484 e. The van der Waals surface area contributed by atoms with Crippen molar-refractivity contribution in [3.8, 4) is 22.6 Å². The van der Waals surface area contributed by atoms with Crippen LogP contribution in [0.1, 0.15) is 66.8 Å². The maximum atomic E-state index is 13.7. The Morgan fingerprint density at radius 2 is 1.45 bits per heavy atom. The molecule has 0 unspecified atom stereocenters. The van der Waals surface area contributed by atoms with Crippen LogP contribution in [0.2, 0.25) is 0 Å². The zero-order valence-corrected chi connectivity index (χ0v) is 23.0. The van der Waals surface area contributed by atoms with Crippen molar-refractivity contribution in [1.82, 2.24) is 0 Å². The molecule has 0 aromatic heterocycles. The maximum Gasteiger partial charge on any atom is 0.255 e. The smallest absolute Gasteiger partial charge is 0.255 e. The number of rotatable bonds is 8. The Bertz CT molecular complexity index is 1310. The van der Waals surface area contributed by atoms with Crippen molar-refractivity contribution in [2.45, 2.75) is 63.1 Å². The Morgan fingerprint density at radius 1 is 0.775 bits per heavy atom. The van der Waals surface area contributed by atoms with Gasteiger partial charge in [0.1, 0.15) is 30.4 Å². The fraction of sp³-hybridized carbons (Fsp3) is 0.424. The highest BCUT2D eigenvalue weighted by molar-refractivity contribution is 6.05. The Morgan fingerprint density at radius 3 is 2.12 bits per heavy atom. The molecule has 40 heavy (non-hydrogen) atoms. The summed E-state index contributed by atoms with van der Waals surface area (Å²) in [7, 11) is 0. The summed E-state index contributed by atoms with van der Waals surface area (Å²) in [5, 5.41) is 7.65. The van der Waals surface area contributed by atoms with Gasteiger partial charge < -0.3 is 25.4 Å². The fourth-order valence-corrected chi connectivity index (χ4v) is 6.32. The molecule has 0 radical (unpaired) electrons. The number of ether oxygens (including phenoxy) is 2. The van der Waals surface area contributed by atoms with Crippen LogP contribution >= 0.6 is 0 Å². The van der Waals surface area contributed by atoms with Crippen molar-refractivity contribution in [2.24, 2.45) is 0 Å². The first kappa shape index (κ1) is 26.8. The number of nitrogens with one attached hydrogen (secondary N) is 1. The van der Waals surface area contributed by atoms with Crippen LogP contribution in [0, 0.1) is 5.82 Å². The van der Waals surface area contributed by atoms with E-state index in [2.05, 4.69) is 16.0 Å². The van der Waals surface area contributed by atoms with E-state index in [1.54, 1.807) is 12.1 Å². The first-order valence-electron chi connectivity index (χ1n) is 14.9. The molecule has 6 rings (SSSR count). The predicted molar refractivity (Wildman–Crippen MR) is 153 cm³/mol. The van der Waals surface area contributed by atoms with E-state index in [0.29, 0.717) is 17.2 Å². The molecular formula is C33H40FN3O3+2. The van der Waals surface area contributed by atoms with Gasteiger partial charge in [-0.1, -0.05) is 31.4 Å². The number of anilines is 1. The average molecular weight is 546 g/mol. The van der Waals surface area contributed by atoms with E-state index in [0.717, 1.165) is 74.5 Å². The molecule has 2 atom stereocenters. The third-order valence-corrected chi connectivity index (χ3v) is 8.54. The lowest BCUT2D eigenvalue weighted by Crippen LogP contribution is -2.81. The predicted octanol–water partition coefficient (Wildman–Crippen LogP) is 4.22. The summed E-state index contributed by atoms with van der Waals surface area (Å²) in [6.07, 6.45) is 8.41. The van der Waals surface area contributed by atoms with Gasteiger partial charge >= 0.3 is 0 Å². The van der Waals surface area contributed by atoms with Gasteiger partial charge in [-0.2, -0.15) is 0 Å². The van der Waals surface area contributed by atoms with Crippen molar-refractivity contribution in [2.75, 3.05) is 31.5 Å². The minimum absolute atomic E-state index is 0.140. The van der Waals surface area contributed by atoms with E-state index < -0.39 is 0 Å². The lowest BCUT2D eigenvalue weighted by Gasteiger charge is -2.25. The zero-order valence-electron chi connectivity index (χ0n) is 23.0. The van der Waals surface area contributed by atoms with Gasteiger partial charge in [0.25, 0.3) is 5.91 Å². The highest BCUT2D eigenvalue weighted by Crippen LogP contribution is 2.39. The molecule has 1 aliphatic carbocycles. The molecular weight excluding hydrogens is 505 g/mol. The van der Waals surface area contributed by atoms with Gasteiger partial charge in [0.15, 0.2) is 12.2 Å². The molecule has 5 N–H and O–H groups in total. The number of carbonyl (C=O) groups is 1. The molecule has 3 aliphatic rings. The second-order valence-electron chi connectivity index (χ2n) is 11.4. The minimum atomic E-state index is -0.284. The number of quaternary nitrogens is 2. The third kappa shape index (κ3) is 6.31. The Labute approximate surface area is 235 Å². The van der Waals surface area contributed by atoms with E-state index in [1.165, 1.54) is 37.0 Å². The molecule has 3 aromatic rings. The lowest BCUT2D eigenvalue weighted by atomic mass is 9.83. The summed E-state index contributed by atoms with van der Waals surface area (Å²) in [5.41, 5.74) is 4.17. The Kier molecular flexibility index (Phi) is 8.30. The van der Waals surface area contributed by atoms with Crippen molar-refractivity contribution >= 4 is 11.6 Å². The monoisotopic (exact) mass is 545 g/mol. The van der Waals surface area contributed by atoms with E-state index >= 15 is 0 Å². The normalized spacial score (nSPS) is 21.3. The first-order valence-corrected chi connectivity index (χ1v) is 14.9. The molecule has 0 bridgehead atoms. The van der Waals surface area contributed by atoms with E-state index in [-0.39, 0.29) is 23.9 Å². The maximum absolute atomic E-state index is 13.7. The topological polar surface area (TPSA) is 80.8 Å². The van der Waals surface area contributed by atoms with E-state index in [9.17, 15) is 9.18 Å². The molecule has 2 aliphatic heterocycles. The van der Waals surface area contributed by atoms with Gasteiger partial charge in [0, 0.05) is 29.7 Å². The molecule has 210 valence electrons. The van der Waals surface area contributed by atoms with Gasteiger partial charge in [-0.05, 0) is 78.4 Å². The molecule has 3 aromatic carbocycles. The summed E-state index contributed by atoms with van der Waals surface area (Å²) in [4.78, 5) is 13.5. The van der Waals surface area contributed by atoms with Gasteiger partial charge in [-0.3, -0.25) is 4.79 Å². The molecule has 1 saturated carbocycles. The molecule has 7 heteroatoms. The van der Waals surface area contributed by atoms with Gasteiger partial charge in [0.05, 0.1) is 13.1 Å². The van der Waals surface area contributed by atoms with Crippen molar-refractivity contribution in [3.63, 3.8) is 0 Å². The van der Waals surface area contributed by atoms with Crippen LogP contribution in [0.3, 0.4) is 0 Å². The molecule has 6 nitrogen and oxygen atoms in total. The molecule has 2 heterocycles. The number of carbonyl (C=O) groups excluding carboxylic acids is 1. The van der Waals surface area contributed by atoms with Crippen LogP contribution in [-0.2, 0) is 0 Å². The minimum Gasteiger partial charge on any atom is -0.484 e. The zero-order chi connectivity index (χ0) is 27.3. The lowest BCUT2D eigenvalue weighted by molar-refractivity contribution is -0.638. The SMILES string of the molecule is O=C(Nc1ccc(O[C@H]2CC[NH2+]C2)c(-c2ccc(F)cc2)c1)c1ccc(O[C@H]2CC[NH2+]C2)c(C2CCCCC2)c1. The number of halogens is 1. The fourth-order valence-electron chi connectivity index (χ4n) is 6.32. The molecule has 1 amide bonds. The number of amides is 1. The summed E-state index contributed by atoms with van der Waals surface area (Å²) in [6.45, 7) is 4.06. The Balaban J connectivity index is 1.25. The summed E-state index contributed by atoms with van der Waals surface area (Å²) in [5.74, 6) is 1.68. The summed E-state index contributed by atoms with van der Waals surface area (Å²) >= 11 is 0. The van der Waals surface area contributed by atoms with Crippen LogP contribution in [-0.4, -0.2) is 44.3 Å². The molecule has 0 spiro atoms. The van der Waals surface area contributed by atoms with Crippen LogP contribution in [0.5, 0.6) is 11.5 Å². The molecule has 2 saturated heterocycles. The van der Waals surface area contributed by atoms with Crippen molar-refractivity contribution < 1.29 is 29.3 Å². The highest BCUT2D eigenvalue weighted by Gasteiger charge is 2.26. The van der Waals surface area contributed by atoms with Gasteiger partial charge in [-0.15, -0.1) is 0 Å². The second kappa shape index (κ2) is 12.4. The van der Waals surface area contributed by atoms with Crippen LogP contribution in [0.4, 0.5) is 10.1 Å². The number of benzene rings is 3.